The number of hydrogen-bond acceptors (Lipinski definition) is 3. The Morgan fingerprint density at radius 2 is 1.75 bits per heavy atom. The molecule has 2 aromatic rings. The molecule has 0 aliphatic carbocycles. The number of ether oxygens (including phenoxy) is 1. The molecule has 0 spiro atoms. The van der Waals surface area contributed by atoms with Crippen LogP contribution in [-0.2, 0) is 16.4 Å². The van der Waals surface area contributed by atoms with Gasteiger partial charge in [-0.3, -0.25) is 0 Å². The number of sulfonamides is 1. The van der Waals surface area contributed by atoms with Crippen molar-refractivity contribution in [2.24, 2.45) is 5.92 Å². The number of hydrogen-bond donors (Lipinski definition) is 0. The van der Waals surface area contributed by atoms with Crippen LogP contribution in [0, 0.1) is 12.8 Å². The molecule has 0 saturated carbocycles. The van der Waals surface area contributed by atoms with Crippen LogP contribution in [0.25, 0.3) is 0 Å². The lowest BCUT2D eigenvalue weighted by Crippen LogP contribution is -2.29. The third-order valence-electron chi connectivity index (χ3n) is 4.59. The zero-order valence-electron chi connectivity index (χ0n) is 14.1. The molecule has 3 rings (SSSR count). The third-order valence-corrected chi connectivity index (χ3v) is 6.47. The molecule has 4 nitrogen and oxygen atoms in total. The SMILES string of the molecule is COc1ccc(CC2CCN(S(=O)(=O)c3ccc(C)cc3)C2)cc1. The smallest absolute Gasteiger partial charge is 0.243 e. The van der Waals surface area contributed by atoms with Crippen molar-refractivity contribution in [2.45, 2.75) is 24.7 Å². The van der Waals surface area contributed by atoms with E-state index in [1.165, 1.54) is 5.56 Å². The van der Waals surface area contributed by atoms with Crippen molar-refractivity contribution in [3.63, 3.8) is 0 Å². The van der Waals surface area contributed by atoms with Crippen molar-refractivity contribution in [2.75, 3.05) is 20.2 Å². The highest BCUT2D eigenvalue weighted by molar-refractivity contribution is 7.89. The Kier molecular flexibility index (Phi) is 4.92. The molecule has 0 radical (unpaired) electrons. The summed E-state index contributed by atoms with van der Waals surface area (Å²) in [6, 6.07) is 15.1. The normalized spacial score (nSPS) is 18.7. The molecule has 0 bridgehead atoms. The van der Waals surface area contributed by atoms with E-state index in [1.807, 2.05) is 31.2 Å². The quantitative estimate of drug-likeness (QED) is 0.836. The molecule has 1 unspecified atom stereocenters. The highest BCUT2D eigenvalue weighted by atomic mass is 32.2. The molecule has 1 heterocycles. The van der Waals surface area contributed by atoms with E-state index in [-0.39, 0.29) is 0 Å². The topological polar surface area (TPSA) is 46.6 Å². The zero-order valence-corrected chi connectivity index (χ0v) is 14.9. The molecule has 0 aromatic heterocycles. The molecular weight excluding hydrogens is 322 g/mol. The van der Waals surface area contributed by atoms with Crippen LogP contribution in [0.4, 0.5) is 0 Å². The zero-order chi connectivity index (χ0) is 17.2. The van der Waals surface area contributed by atoms with Crippen molar-refractivity contribution < 1.29 is 13.2 Å². The summed E-state index contributed by atoms with van der Waals surface area (Å²) in [5.74, 6) is 1.20. The van der Waals surface area contributed by atoms with Gasteiger partial charge >= 0.3 is 0 Å². The van der Waals surface area contributed by atoms with Crippen LogP contribution < -0.4 is 4.74 Å². The van der Waals surface area contributed by atoms with Gasteiger partial charge in [0.15, 0.2) is 0 Å². The maximum Gasteiger partial charge on any atom is 0.243 e. The summed E-state index contributed by atoms with van der Waals surface area (Å²) in [5, 5.41) is 0. The van der Waals surface area contributed by atoms with Gasteiger partial charge in [-0.2, -0.15) is 4.31 Å². The first-order valence-corrected chi connectivity index (χ1v) is 9.63. The van der Waals surface area contributed by atoms with E-state index in [2.05, 4.69) is 12.1 Å². The van der Waals surface area contributed by atoms with Gasteiger partial charge in [0.05, 0.1) is 12.0 Å². The fourth-order valence-electron chi connectivity index (χ4n) is 3.14. The average Bonchev–Trinajstić information content (AvgIpc) is 3.05. The number of aryl methyl sites for hydroxylation is 1. The van der Waals surface area contributed by atoms with Gasteiger partial charge in [-0.1, -0.05) is 29.8 Å². The van der Waals surface area contributed by atoms with Crippen LogP contribution in [0.1, 0.15) is 17.5 Å². The minimum absolute atomic E-state index is 0.360. The van der Waals surface area contributed by atoms with Gasteiger partial charge < -0.3 is 4.74 Å². The van der Waals surface area contributed by atoms with Crippen LogP contribution >= 0.6 is 0 Å². The summed E-state index contributed by atoms with van der Waals surface area (Å²) in [4.78, 5) is 0.387. The van der Waals surface area contributed by atoms with Crippen LogP contribution in [0.5, 0.6) is 5.75 Å². The summed E-state index contributed by atoms with van der Waals surface area (Å²) in [7, 11) is -1.73. The molecule has 1 aliphatic rings. The van der Waals surface area contributed by atoms with Crippen molar-refractivity contribution in [1.29, 1.82) is 0 Å². The fraction of sp³-hybridized carbons (Fsp3) is 0.368. The van der Waals surface area contributed by atoms with Crippen molar-refractivity contribution in [3.8, 4) is 5.75 Å². The Morgan fingerprint density at radius 1 is 1.08 bits per heavy atom. The first kappa shape index (κ1) is 17.0. The van der Waals surface area contributed by atoms with Gasteiger partial charge in [0.1, 0.15) is 5.75 Å². The summed E-state index contributed by atoms with van der Waals surface area (Å²) >= 11 is 0. The van der Waals surface area contributed by atoms with E-state index in [9.17, 15) is 8.42 Å². The van der Waals surface area contributed by atoms with Gasteiger partial charge in [0, 0.05) is 13.1 Å². The summed E-state index contributed by atoms with van der Waals surface area (Å²) in [6.45, 7) is 3.14. The second-order valence-corrected chi connectivity index (χ2v) is 8.32. The fourth-order valence-corrected chi connectivity index (χ4v) is 4.67. The number of methoxy groups -OCH3 is 1. The first-order chi connectivity index (χ1) is 11.5. The Morgan fingerprint density at radius 3 is 2.38 bits per heavy atom. The molecule has 0 N–H and O–H groups in total. The number of nitrogens with zero attached hydrogens (tertiary/aromatic N) is 1. The lowest BCUT2D eigenvalue weighted by atomic mass is 9.99. The highest BCUT2D eigenvalue weighted by Gasteiger charge is 2.32. The molecule has 1 aliphatic heterocycles. The minimum atomic E-state index is -3.38. The van der Waals surface area contributed by atoms with Crippen LogP contribution in [0.15, 0.2) is 53.4 Å². The number of rotatable bonds is 5. The molecular formula is C19H23NO3S. The molecule has 0 amide bonds. The standard InChI is InChI=1S/C19H23NO3S/c1-15-3-9-19(10-4-15)24(21,22)20-12-11-17(14-20)13-16-5-7-18(23-2)8-6-16/h3-10,17H,11-14H2,1-2H3. The molecule has 2 aromatic carbocycles. The molecule has 1 saturated heterocycles. The third kappa shape index (κ3) is 3.62. The molecule has 5 heteroatoms. The lowest BCUT2D eigenvalue weighted by molar-refractivity contribution is 0.414. The van der Waals surface area contributed by atoms with Crippen molar-refractivity contribution in [1.82, 2.24) is 4.31 Å². The van der Waals surface area contributed by atoms with E-state index in [0.29, 0.717) is 23.9 Å². The summed E-state index contributed by atoms with van der Waals surface area (Å²) < 4.78 is 32.3. The second-order valence-electron chi connectivity index (χ2n) is 6.38. The van der Waals surface area contributed by atoms with Crippen molar-refractivity contribution >= 4 is 10.0 Å². The van der Waals surface area contributed by atoms with Crippen LogP contribution in [0.3, 0.4) is 0 Å². The van der Waals surface area contributed by atoms with E-state index in [4.69, 9.17) is 4.74 Å². The Labute approximate surface area is 144 Å². The second kappa shape index (κ2) is 6.95. The van der Waals surface area contributed by atoms with E-state index < -0.39 is 10.0 Å². The Hall–Kier alpha value is -1.85. The molecule has 1 fully saturated rings. The largest absolute Gasteiger partial charge is 0.497 e. The first-order valence-electron chi connectivity index (χ1n) is 8.19. The highest BCUT2D eigenvalue weighted by Crippen LogP contribution is 2.27. The summed E-state index contributed by atoms with van der Waals surface area (Å²) in [6.07, 6.45) is 1.79. The van der Waals surface area contributed by atoms with E-state index >= 15 is 0 Å². The number of benzene rings is 2. The monoisotopic (exact) mass is 345 g/mol. The van der Waals surface area contributed by atoms with Gasteiger partial charge in [-0.05, 0) is 55.5 Å². The molecule has 24 heavy (non-hydrogen) atoms. The van der Waals surface area contributed by atoms with Crippen molar-refractivity contribution in [3.05, 3.63) is 59.7 Å². The van der Waals surface area contributed by atoms with Crippen LogP contribution in [0.2, 0.25) is 0 Å². The van der Waals surface area contributed by atoms with Gasteiger partial charge in [0.2, 0.25) is 10.0 Å². The minimum Gasteiger partial charge on any atom is -0.497 e. The maximum atomic E-state index is 12.7. The molecule has 1 atom stereocenters. The van der Waals surface area contributed by atoms with Gasteiger partial charge in [0.25, 0.3) is 0 Å². The predicted molar refractivity (Wildman–Crippen MR) is 94.7 cm³/mol. The van der Waals surface area contributed by atoms with Crippen LogP contribution in [-0.4, -0.2) is 32.9 Å². The predicted octanol–water partition coefficient (Wildman–Crippen LogP) is 3.26. The lowest BCUT2D eigenvalue weighted by Gasteiger charge is -2.17. The maximum absolute atomic E-state index is 12.7. The average molecular weight is 345 g/mol. The Bertz CT molecular complexity index is 782. The molecule has 128 valence electrons. The van der Waals surface area contributed by atoms with E-state index in [0.717, 1.165) is 24.2 Å². The van der Waals surface area contributed by atoms with Gasteiger partial charge in [-0.25, -0.2) is 8.42 Å². The Balaban J connectivity index is 1.66. The van der Waals surface area contributed by atoms with E-state index in [1.54, 1.807) is 23.5 Å². The summed E-state index contributed by atoms with van der Waals surface area (Å²) in [5.41, 5.74) is 2.28. The van der Waals surface area contributed by atoms with Gasteiger partial charge in [-0.15, -0.1) is 0 Å².